The zero-order valence-electron chi connectivity index (χ0n) is 10.1. The summed E-state index contributed by atoms with van der Waals surface area (Å²) < 4.78 is 11.2. The van der Waals surface area contributed by atoms with Gasteiger partial charge in [-0.1, -0.05) is 15.9 Å². The summed E-state index contributed by atoms with van der Waals surface area (Å²) in [5, 5.41) is 0. The molecule has 1 rings (SSSR count). The van der Waals surface area contributed by atoms with E-state index in [2.05, 4.69) is 15.9 Å². The Balaban J connectivity index is 3.10. The summed E-state index contributed by atoms with van der Waals surface area (Å²) in [4.78, 5) is 11.8. The average Bonchev–Trinajstić information content (AvgIpc) is 2.22. The molecule has 0 heterocycles. The Labute approximate surface area is 109 Å². The van der Waals surface area contributed by atoms with Gasteiger partial charge in [0.15, 0.2) is 0 Å². The van der Waals surface area contributed by atoms with Crippen molar-refractivity contribution in [3.63, 3.8) is 0 Å². The Bertz CT molecular complexity index is 418. The van der Waals surface area contributed by atoms with E-state index in [1.807, 2.05) is 6.92 Å². The van der Waals surface area contributed by atoms with Crippen LogP contribution in [0.2, 0.25) is 0 Å². The molecule has 5 heteroatoms. The predicted molar refractivity (Wildman–Crippen MR) is 70.3 cm³/mol. The van der Waals surface area contributed by atoms with Crippen molar-refractivity contribution in [2.75, 3.05) is 12.3 Å². The van der Waals surface area contributed by atoms with Gasteiger partial charge in [0.25, 0.3) is 0 Å². The van der Waals surface area contributed by atoms with Gasteiger partial charge in [-0.05, 0) is 32.9 Å². The summed E-state index contributed by atoms with van der Waals surface area (Å²) in [6.07, 6.45) is -0.184. The highest BCUT2D eigenvalue weighted by Gasteiger charge is 2.17. The minimum absolute atomic E-state index is 0.184. The van der Waals surface area contributed by atoms with E-state index < -0.39 is 5.97 Å². The molecule has 2 N–H and O–H groups in total. The molecule has 0 fully saturated rings. The van der Waals surface area contributed by atoms with Gasteiger partial charge in [0.2, 0.25) is 0 Å². The Hall–Kier alpha value is -1.23. The SMILES string of the molecule is CCOc1cc(Br)cc(C(=O)OC(C)C)c1N. The normalized spacial score (nSPS) is 10.4. The molecule has 17 heavy (non-hydrogen) atoms. The molecule has 0 aliphatic rings. The smallest absolute Gasteiger partial charge is 0.340 e. The van der Waals surface area contributed by atoms with Crippen LogP contribution >= 0.6 is 15.9 Å². The van der Waals surface area contributed by atoms with Crippen LogP contribution in [0.25, 0.3) is 0 Å². The lowest BCUT2D eigenvalue weighted by molar-refractivity contribution is 0.0378. The number of nitrogen functional groups attached to an aromatic ring is 1. The van der Waals surface area contributed by atoms with Crippen molar-refractivity contribution in [1.82, 2.24) is 0 Å². The van der Waals surface area contributed by atoms with Gasteiger partial charge in [-0.2, -0.15) is 0 Å². The molecule has 0 spiro atoms. The molecule has 0 bridgehead atoms. The first-order valence-electron chi connectivity index (χ1n) is 5.38. The van der Waals surface area contributed by atoms with E-state index in [4.69, 9.17) is 15.2 Å². The lowest BCUT2D eigenvalue weighted by atomic mass is 10.1. The monoisotopic (exact) mass is 301 g/mol. The third-order valence-electron chi connectivity index (χ3n) is 1.97. The summed E-state index contributed by atoms with van der Waals surface area (Å²) in [6.45, 7) is 5.91. The van der Waals surface area contributed by atoms with Gasteiger partial charge in [0, 0.05) is 4.47 Å². The van der Waals surface area contributed by atoms with Crippen LogP contribution in [-0.2, 0) is 4.74 Å². The molecule has 0 saturated carbocycles. The zero-order valence-corrected chi connectivity index (χ0v) is 11.7. The number of halogens is 1. The lowest BCUT2D eigenvalue weighted by Gasteiger charge is -2.13. The first-order valence-corrected chi connectivity index (χ1v) is 6.17. The lowest BCUT2D eigenvalue weighted by Crippen LogP contribution is -2.14. The van der Waals surface area contributed by atoms with Crippen LogP contribution in [-0.4, -0.2) is 18.7 Å². The van der Waals surface area contributed by atoms with E-state index in [1.54, 1.807) is 26.0 Å². The van der Waals surface area contributed by atoms with Crippen molar-refractivity contribution in [3.8, 4) is 5.75 Å². The molecule has 4 nitrogen and oxygen atoms in total. The van der Waals surface area contributed by atoms with E-state index in [0.717, 1.165) is 4.47 Å². The van der Waals surface area contributed by atoms with E-state index in [0.29, 0.717) is 23.6 Å². The molecule has 0 atom stereocenters. The van der Waals surface area contributed by atoms with Gasteiger partial charge >= 0.3 is 5.97 Å². The molecule has 0 aliphatic carbocycles. The number of benzene rings is 1. The van der Waals surface area contributed by atoms with Crippen molar-refractivity contribution >= 4 is 27.6 Å². The topological polar surface area (TPSA) is 61.5 Å². The molecule has 1 aromatic carbocycles. The molecule has 0 radical (unpaired) electrons. The van der Waals surface area contributed by atoms with E-state index in [1.165, 1.54) is 0 Å². The number of hydrogen-bond acceptors (Lipinski definition) is 4. The number of hydrogen-bond donors (Lipinski definition) is 1. The van der Waals surface area contributed by atoms with Gasteiger partial charge in [0.05, 0.1) is 24.0 Å². The molecule has 0 aliphatic heterocycles. The Kier molecular flexibility index (Phi) is 4.81. The van der Waals surface area contributed by atoms with Gasteiger partial charge < -0.3 is 15.2 Å². The maximum Gasteiger partial charge on any atom is 0.340 e. The summed E-state index contributed by atoms with van der Waals surface area (Å²) in [6, 6.07) is 3.35. The quantitative estimate of drug-likeness (QED) is 0.686. The largest absolute Gasteiger partial charge is 0.492 e. The van der Waals surface area contributed by atoms with Crippen LogP contribution in [0.3, 0.4) is 0 Å². The maximum atomic E-state index is 11.8. The minimum atomic E-state index is -0.445. The Morgan fingerprint density at radius 2 is 2.12 bits per heavy atom. The highest BCUT2D eigenvalue weighted by Crippen LogP contribution is 2.30. The van der Waals surface area contributed by atoms with E-state index in [-0.39, 0.29) is 6.10 Å². The fraction of sp³-hybridized carbons (Fsp3) is 0.417. The number of nitrogens with two attached hydrogens (primary N) is 1. The van der Waals surface area contributed by atoms with Crippen molar-refractivity contribution in [1.29, 1.82) is 0 Å². The maximum absolute atomic E-state index is 11.8. The molecule has 1 aromatic rings. The fourth-order valence-electron chi connectivity index (χ4n) is 1.31. The first kappa shape index (κ1) is 13.8. The highest BCUT2D eigenvalue weighted by molar-refractivity contribution is 9.10. The third-order valence-corrected chi connectivity index (χ3v) is 2.43. The number of ether oxygens (including phenoxy) is 2. The van der Waals surface area contributed by atoms with Crippen LogP contribution in [0, 0.1) is 0 Å². The molecule has 0 unspecified atom stereocenters. The van der Waals surface area contributed by atoms with Crippen LogP contribution in [0.1, 0.15) is 31.1 Å². The molecular formula is C12H16BrNO3. The zero-order chi connectivity index (χ0) is 13.0. The van der Waals surface area contributed by atoms with Gasteiger partial charge in [0.1, 0.15) is 5.75 Å². The van der Waals surface area contributed by atoms with Gasteiger partial charge in [-0.3, -0.25) is 0 Å². The number of rotatable bonds is 4. The number of esters is 1. The molecule has 0 saturated heterocycles. The summed E-state index contributed by atoms with van der Waals surface area (Å²) in [5.41, 5.74) is 6.49. The summed E-state index contributed by atoms with van der Waals surface area (Å²) in [5.74, 6) is 0.0392. The fourth-order valence-corrected chi connectivity index (χ4v) is 1.75. The van der Waals surface area contributed by atoms with Crippen molar-refractivity contribution in [2.45, 2.75) is 26.9 Å². The van der Waals surface area contributed by atoms with Crippen LogP contribution in [0.5, 0.6) is 5.75 Å². The van der Waals surface area contributed by atoms with Gasteiger partial charge in [-0.25, -0.2) is 4.79 Å². The van der Waals surface area contributed by atoms with E-state index >= 15 is 0 Å². The summed E-state index contributed by atoms with van der Waals surface area (Å²) in [7, 11) is 0. The second kappa shape index (κ2) is 5.91. The van der Waals surface area contributed by atoms with Crippen molar-refractivity contribution in [2.24, 2.45) is 0 Å². The summed E-state index contributed by atoms with van der Waals surface area (Å²) >= 11 is 3.31. The van der Waals surface area contributed by atoms with Gasteiger partial charge in [-0.15, -0.1) is 0 Å². The predicted octanol–water partition coefficient (Wildman–Crippen LogP) is 3.00. The van der Waals surface area contributed by atoms with E-state index in [9.17, 15) is 4.79 Å². The number of carbonyl (C=O) groups is 1. The first-order chi connectivity index (χ1) is 7.95. The number of carbonyl (C=O) groups excluding carboxylic acids is 1. The molecule has 0 amide bonds. The second-order valence-corrected chi connectivity index (χ2v) is 4.67. The number of anilines is 1. The van der Waals surface area contributed by atoms with Crippen LogP contribution in [0.4, 0.5) is 5.69 Å². The average molecular weight is 302 g/mol. The van der Waals surface area contributed by atoms with Crippen molar-refractivity contribution < 1.29 is 14.3 Å². The van der Waals surface area contributed by atoms with Crippen LogP contribution in [0.15, 0.2) is 16.6 Å². The third kappa shape index (κ3) is 3.63. The second-order valence-electron chi connectivity index (χ2n) is 3.75. The Morgan fingerprint density at radius 1 is 1.47 bits per heavy atom. The standard InChI is InChI=1S/C12H16BrNO3/c1-4-16-10-6-8(13)5-9(11(10)14)12(15)17-7(2)3/h5-7H,4,14H2,1-3H3. The molecule has 0 aromatic heterocycles. The van der Waals surface area contributed by atoms with Crippen LogP contribution < -0.4 is 10.5 Å². The molecule has 94 valence electrons. The molecular weight excluding hydrogens is 286 g/mol. The minimum Gasteiger partial charge on any atom is -0.492 e. The van der Waals surface area contributed by atoms with Crippen molar-refractivity contribution in [3.05, 3.63) is 22.2 Å². The Morgan fingerprint density at radius 3 is 2.65 bits per heavy atom. The highest BCUT2D eigenvalue weighted by atomic mass is 79.9.